The molecule has 2 rings (SSSR count). The number of ether oxygens (including phenoxy) is 4. The van der Waals surface area contributed by atoms with Crippen molar-refractivity contribution < 1.29 is 58.6 Å². The monoisotopic (exact) mass is 708 g/mol. The van der Waals surface area contributed by atoms with Crippen molar-refractivity contribution in [2.24, 2.45) is 0 Å². The van der Waals surface area contributed by atoms with Gasteiger partial charge in [-0.25, -0.2) is 9.59 Å². The number of carbonyl (C=O) groups is 4. The number of methoxy groups -OCH3 is 2. The van der Waals surface area contributed by atoms with Crippen LogP contribution >= 0.6 is 0 Å². The van der Waals surface area contributed by atoms with Crippen molar-refractivity contribution in [3.8, 4) is 11.5 Å². The molecule has 0 amide bonds. The molecule has 0 spiro atoms. The number of carbonyl (C=O) groups excluding carboxylic acids is 2. The minimum absolute atomic E-state index is 0.00156. The summed E-state index contributed by atoms with van der Waals surface area (Å²) in [5.41, 5.74) is 2.73. The topological polar surface area (TPSA) is 210 Å². The minimum atomic E-state index is -1.82. The molecule has 0 saturated carbocycles. The lowest BCUT2D eigenvalue weighted by molar-refractivity contribution is -0.159. The Balaban J connectivity index is 0.000000826. The summed E-state index contributed by atoms with van der Waals surface area (Å²) in [6, 6.07) is 10.5. The molecule has 0 bridgehead atoms. The highest BCUT2D eigenvalue weighted by Crippen LogP contribution is 2.23. The molecule has 0 aromatic heterocycles. The molecule has 6 N–H and O–H groups in total. The number of ketones is 2. The average Bonchev–Trinajstić information content (AvgIpc) is 3.01. The lowest BCUT2D eigenvalue weighted by Gasteiger charge is -2.23. The van der Waals surface area contributed by atoms with Gasteiger partial charge in [0.2, 0.25) is 0 Å². The van der Waals surface area contributed by atoms with Crippen molar-refractivity contribution in [2.75, 3.05) is 40.5 Å². The Hall–Kier alpha value is -3.92. The van der Waals surface area contributed by atoms with Gasteiger partial charge < -0.3 is 50.0 Å². The van der Waals surface area contributed by atoms with E-state index in [-0.39, 0.29) is 35.9 Å². The number of aliphatic carboxylic acids is 2. The van der Waals surface area contributed by atoms with E-state index in [0.717, 1.165) is 11.1 Å². The van der Waals surface area contributed by atoms with E-state index in [9.17, 15) is 19.8 Å². The predicted molar refractivity (Wildman–Crippen MR) is 188 cm³/mol. The number of benzene rings is 2. The van der Waals surface area contributed by atoms with E-state index >= 15 is 0 Å². The summed E-state index contributed by atoms with van der Waals surface area (Å²) in [5.74, 6) is -2.40. The Labute approximate surface area is 295 Å². The number of nitrogens with one attached hydrogen (secondary N) is 2. The van der Waals surface area contributed by atoms with E-state index in [2.05, 4.69) is 10.6 Å². The number of hydrogen-bond acceptors (Lipinski definition) is 12. The summed E-state index contributed by atoms with van der Waals surface area (Å²) in [7, 11) is 3.18. The molecule has 2 aromatic carbocycles. The molecule has 0 radical (unpaired) electrons. The average molecular weight is 709 g/mol. The summed E-state index contributed by atoms with van der Waals surface area (Å²) in [5, 5.41) is 41.2. The van der Waals surface area contributed by atoms with Gasteiger partial charge in [-0.15, -0.1) is 0 Å². The van der Waals surface area contributed by atoms with Gasteiger partial charge in [0.1, 0.15) is 36.9 Å². The summed E-state index contributed by atoms with van der Waals surface area (Å²) in [6.45, 7) is 17.3. The maximum atomic E-state index is 11.4. The standard InChI is InChI=1S/2C17H27NO4.C2H2O4/c2*1-12(19)13-6-7-16(14(8-13)10-21-5)22-11-15(20)9-18-17(2,3)4;3-1(4)2(5)6/h2*6-8,15,18,20H,9-11H2,1-5H3;(H,3,4)(H,5,6). The molecular weight excluding hydrogens is 652 g/mol. The van der Waals surface area contributed by atoms with Crippen LogP contribution < -0.4 is 20.1 Å². The van der Waals surface area contributed by atoms with Crippen LogP contribution in [-0.4, -0.2) is 108 Å². The van der Waals surface area contributed by atoms with Crippen LogP contribution in [0.3, 0.4) is 0 Å². The molecule has 2 unspecified atom stereocenters. The van der Waals surface area contributed by atoms with Crippen LogP contribution in [0, 0.1) is 0 Å². The van der Waals surface area contributed by atoms with E-state index in [1.54, 1.807) is 50.6 Å². The largest absolute Gasteiger partial charge is 0.490 e. The molecule has 2 atom stereocenters. The second kappa shape index (κ2) is 22.7. The Bertz CT molecular complexity index is 1260. The molecule has 0 fully saturated rings. The summed E-state index contributed by atoms with van der Waals surface area (Å²) < 4.78 is 21.6. The third kappa shape index (κ3) is 21.2. The molecule has 0 aliphatic carbocycles. The van der Waals surface area contributed by atoms with Gasteiger partial charge in [0.25, 0.3) is 0 Å². The molecule has 14 nitrogen and oxygen atoms in total. The summed E-state index contributed by atoms with van der Waals surface area (Å²) in [4.78, 5) is 41.1. The molecule has 50 heavy (non-hydrogen) atoms. The van der Waals surface area contributed by atoms with Crippen LogP contribution in [0.5, 0.6) is 11.5 Å². The molecule has 0 aliphatic rings. The fraction of sp³-hybridized carbons (Fsp3) is 0.556. The lowest BCUT2D eigenvalue weighted by Crippen LogP contribution is -2.42. The SMILES string of the molecule is COCc1cc(C(C)=O)ccc1OCC(O)CNC(C)(C)C.COCc1cc(C(C)=O)ccc1OCC(O)CNC(C)(C)C.O=C(O)C(=O)O. The van der Waals surface area contributed by atoms with Gasteiger partial charge >= 0.3 is 11.9 Å². The number of hydrogen-bond donors (Lipinski definition) is 6. The molecule has 0 aliphatic heterocycles. The Morgan fingerprint density at radius 3 is 1.20 bits per heavy atom. The van der Waals surface area contributed by atoms with E-state index in [0.29, 0.717) is 48.9 Å². The first-order valence-electron chi connectivity index (χ1n) is 15.9. The number of β-amino-alcohol motifs (C(OH)–C–C–N with tert-alkyl or cyclic N) is 2. The number of carboxylic acids is 2. The summed E-state index contributed by atoms with van der Waals surface area (Å²) >= 11 is 0. The molecule has 0 saturated heterocycles. The highest BCUT2D eigenvalue weighted by Gasteiger charge is 2.16. The van der Waals surface area contributed by atoms with Crippen LogP contribution in [0.2, 0.25) is 0 Å². The third-order valence-electron chi connectivity index (χ3n) is 6.32. The molecule has 2 aromatic rings. The maximum Gasteiger partial charge on any atom is 0.414 e. The summed E-state index contributed by atoms with van der Waals surface area (Å²) in [6.07, 6.45) is -1.22. The highest BCUT2D eigenvalue weighted by atomic mass is 16.5. The Morgan fingerprint density at radius 2 is 0.960 bits per heavy atom. The number of carboxylic acid groups (broad SMARTS) is 2. The van der Waals surface area contributed by atoms with Crippen LogP contribution in [0.15, 0.2) is 36.4 Å². The van der Waals surface area contributed by atoms with E-state index in [4.69, 9.17) is 38.7 Å². The fourth-order valence-corrected chi connectivity index (χ4v) is 3.75. The maximum absolute atomic E-state index is 11.4. The van der Waals surface area contributed by atoms with Gasteiger partial charge in [-0.3, -0.25) is 9.59 Å². The van der Waals surface area contributed by atoms with Gasteiger partial charge in [-0.05, 0) is 91.8 Å². The Morgan fingerprint density at radius 1 is 0.640 bits per heavy atom. The molecule has 14 heteroatoms. The van der Waals surface area contributed by atoms with Crippen LogP contribution in [-0.2, 0) is 32.3 Å². The highest BCUT2D eigenvalue weighted by molar-refractivity contribution is 6.27. The van der Waals surface area contributed by atoms with Crippen molar-refractivity contribution in [2.45, 2.75) is 91.9 Å². The van der Waals surface area contributed by atoms with Crippen LogP contribution in [0.25, 0.3) is 0 Å². The second-order valence-corrected chi connectivity index (χ2v) is 13.4. The van der Waals surface area contributed by atoms with E-state index in [1.807, 2.05) is 41.5 Å². The number of aliphatic hydroxyl groups is 2. The third-order valence-corrected chi connectivity index (χ3v) is 6.32. The van der Waals surface area contributed by atoms with E-state index < -0.39 is 24.1 Å². The second-order valence-electron chi connectivity index (χ2n) is 13.4. The fourth-order valence-electron chi connectivity index (χ4n) is 3.75. The smallest absolute Gasteiger partial charge is 0.414 e. The van der Waals surface area contributed by atoms with Crippen molar-refractivity contribution in [3.05, 3.63) is 58.7 Å². The number of rotatable bonds is 16. The van der Waals surface area contributed by atoms with Crippen molar-refractivity contribution >= 4 is 23.5 Å². The zero-order valence-corrected chi connectivity index (χ0v) is 30.9. The number of aliphatic hydroxyl groups excluding tert-OH is 2. The minimum Gasteiger partial charge on any atom is -0.490 e. The van der Waals surface area contributed by atoms with E-state index in [1.165, 1.54) is 13.8 Å². The van der Waals surface area contributed by atoms with Gasteiger partial charge in [0.15, 0.2) is 11.6 Å². The number of Topliss-reactive ketones (excluding diaryl/α,β-unsaturated/α-hetero) is 2. The first-order valence-corrected chi connectivity index (χ1v) is 15.9. The first kappa shape index (κ1) is 46.1. The zero-order valence-electron chi connectivity index (χ0n) is 30.9. The van der Waals surface area contributed by atoms with Gasteiger partial charge in [-0.1, -0.05) is 0 Å². The predicted octanol–water partition coefficient (Wildman–Crippen LogP) is 3.48. The van der Waals surface area contributed by atoms with Crippen molar-refractivity contribution in [1.82, 2.24) is 10.6 Å². The molecular formula is C36H56N2O12. The van der Waals surface area contributed by atoms with Gasteiger partial charge in [-0.2, -0.15) is 0 Å². The van der Waals surface area contributed by atoms with Crippen molar-refractivity contribution in [3.63, 3.8) is 0 Å². The van der Waals surface area contributed by atoms with Crippen LogP contribution in [0.1, 0.15) is 87.2 Å². The van der Waals surface area contributed by atoms with Gasteiger partial charge in [0, 0.05) is 60.6 Å². The molecule has 0 heterocycles. The molecule has 282 valence electrons. The quantitative estimate of drug-likeness (QED) is 0.109. The normalized spacial score (nSPS) is 12.3. The van der Waals surface area contributed by atoms with Crippen LogP contribution in [0.4, 0.5) is 0 Å². The zero-order chi connectivity index (χ0) is 38.7. The Kier molecular flexibility index (Phi) is 20.9. The van der Waals surface area contributed by atoms with Crippen molar-refractivity contribution in [1.29, 1.82) is 0 Å². The lowest BCUT2D eigenvalue weighted by atomic mass is 10.1. The van der Waals surface area contributed by atoms with Gasteiger partial charge in [0.05, 0.1) is 13.2 Å². The first-order chi connectivity index (χ1) is 23.1.